The molecule has 1 aromatic carbocycles. The molecule has 4 heteroatoms. The third-order valence-electron chi connectivity index (χ3n) is 4.20. The van der Waals surface area contributed by atoms with Crippen LogP contribution in [-0.2, 0) is 13.0 Å². The molecule has 108 valence electrons. The van der Waals surface area contributed by atoms with Gasteiger partial charge in [-0.05, 0) is 43.0 Å². The van der Waals surface area contributed by atoms with Crippen LogP contribution in [0.25, 0.3) is 10.9 Å². The minimum absolute atomic E-state index is 0.00200. The van der Waals surface area contributed by atoms with Gasteiger partial charge in [0.1, 0.15) is 5.69 Å². The molecular weight excluding hydrogens is 262 g/mol. The molecule has 0 aliphatic carbocycles. The lowest BCUT2D eigenvalue weighted by Crippen LogP contribution is -2.23. The van der Waals surface area contributed by atoms with E-state index in [4.69, 9.17) is 0 Å². The van der Waals surface area contributed by atoms with Gasteiger partial charge in [-0.3, -0.25) is 4.79 Å². The molecule has 0 radical (unpaired) electrons. The second-order valence-corrected chi connectivity index (χ2v) is 5.63. The van der Waals surface area contributed by atoms with Gasteiger partial charge in [-0.1, -0.05) is 13.3 Å². The summed E-state index contributed by atoms with van der Waals surface area (Å²) in [6.07, 6.45) is 2.89. The first-order chi connectivity index (χ1) is 10.2. The lowest BCUT2D eigenvalue weighted by molar-refractivity contribution is 0.0951. The Morgan fingerprint density at radius 2 is 2.24 bits per heavy atom. The van der Waals surface area contributed by atoms with Crippen LogP contribution in [0.1, 0.15) is 46.9 Å². The third-order valence-corrected chi connectivity index (χ3v) is 4.20. The maximum absolute atomic E-state index is 12.3. The highest BCUT2D eigenvalue weighted by atomic mass is 16.2. The van der Waals surface area contributed by atoms with Gasteiger partial charge in [-0.2, -0.15) is 5.26 Å². The van der Waals surface area contributed by atoms with Crippen molar-refractivity contribution in [1.29, 1.82) is 5.26 Å². The molecule has 0 saturated heterocycles. The van der Waals surface area contributed by atoms with Crippen molar-refractivity contribution >= 4 is 16.8 Å². The molecule has 0 unspecified atom stereocenters. The van der Waals surface area contributed by atoms with Crippen molar-refractivity contribution in [3.8, 4) is 6.07 Å². The Hall–Kier alpha value is -2.28. The van der Waals surface area contributed by atoms with Gasteiger partial charge in [0.05, 0.1) is 17.1 Å². The molecule has 0 bridgehead atoms. The van der Waals surface area contributed by atoms with Crippen LogP contribution >= 0.6 is 0 Å². The van der Waals surface area contributed by atoms with E-state index < -0.39 is 0 Å². The van der Waals surface area contributed by atoms with E-state index in [-0.39, 0.29) is 5.91 Å². The number of aromatic nitrogens is 1. The summed E-state index contributed by atoms with van der Waals surface area (Å²) < 4.78 is 2.15. The quantitative estimate of drug-likeness (QED) is 0.920. The number of fused-ring (bicyclic) bond motifs is 3. The molecule has 4 nitrogen and oxygen atoms in total. The Morgan fingerprint density at radius 3 is 2.95 bits per heavy atom. The lowest BCUT2D eigenvalue weighted by atomic mass is 10.0. The number of amides is 1. The first-order valence-corrected chi connectivity index (χ1v) is 7.51. The molecule has 2 heterocycles. The topological polar surface area (TPSA) is 57.8 Å². The third kappa shape index (κ3) is 2.09. The molecule has 1 N–H and O–H groups in total. The van der Waals surface area contributed by atoms with E-state index in [9.17, 15) is 10.1 Å². The van der Waals surface area contributed by atoms with Gasteiger partial charge in [0.25, 0.3) is 5.91 Å². The Balaban J connectivity index is 2.38. The molecule has 21 heavy (non-hydrogen) atoms. The number of aryl methyl sites for hydroxylation is 3. The fraction of sp³-hybridized carbons (Fsp3) is 0.412. The number of nitrogens with zero attached hydrogens (tertiary/aromatic N) is 2. The highest BCUT2D eigenvalue weighted by molar-refractivity contribution is 6.03. The van der Waals surface area contributed by atoms with Crippen molar-refractivity contribution in [2.45, 2.75) is 39.7 Å². The van der Waals surface area contributed by atoms with Gasteiger partial charge in [0.2, 0.25) is 0 Å². The number of carbonyl (C=O) groups is 1. The predicted molar refractivity (Wildman–Crippen MR) is 82.3 cm³/mol. The van der Waals surface area contributed by atoms with Crippen LogP contribution < -0.4 is 5.32 Å². The number of hydrogen-bond acceptors (Lipinski definition) is 2. The zero-order chi connectivity index (χ0) is 15.0. The molecule has 3 rings (SSSR count). The van der Waals surface area contributed by atoms with Crippen LogP contribution in [0.2, 0.25) is 0 Å². The minimum Gasteiger partial charge on any atom is -0.351 e. The van der Waals surface area contributed by atoms with E-state index >= 15 is 0 Å². The first kappa shape index (κ1) is 13.7. The van der Waals surface area contributed by atoms with E-state index in [1.54, 1.807) is 0 Å². The van der Waals surface area contributed by atoms with Crippen LogP contribution in [0.4, 0.5) is 0 Å². The van der Waals surface area contributed by atoms with E-state index in [1.807, 2.05) is 19.1 Å². The van der Waals surface area contributed by atoms with Crippen molar-refractivity contribution in [1.82, 2.24) is 9.88 Å². The average Bonchev–Trinajstić information content (AvgIpc) is 2.63. The molecule has 1 aliphatic rings. The van der Waals surface area contributed by atoms with Gasteiger partial charge in [-0.25, -0.2) is 0 Å². The van der Waals surface area contributed by atoms with Gasteiger partial charge in [-0.15, -0.1) is 0 Å². The van der Waals surface area contributed by atoms with E-state index in [0.717, 1.165) is 54.5 Å². The van der Waals surface area contributed by atoms with Crippen molar-refractivity contribution in [3.05, 3.63) is 34.5 Å². The smallest absolute Gasteiger partial charge is 0.268 e. The van der Waals surface area contributed by atoms with E-state index in [0.29, 0.717) is 5.56 Å². The molecule has 1 aromatic heterocycles. The summed E-state index contributed by atoms with van der Waals surface area (Å²) in [6, 6.07) is 6.13. The number of hydrogen-bond donors (Lipinski definition) is 1. The van der Waals surface area contributed by atoms with Crippen molar-refractivity contribution in [2.75, 3.05) is 6.54 Å². The first-order valence-electron chi connectivity index (χ1n) is 7.51. The van der Waals surface area contributed by atoms with Crippen molar-refractivity contribution < 1.29 is 4.79 Å². The predicted octanol–water partition coefficient (Wildman–Crippen LogP) is 2.91. The number of carbonyl (C=O) groups excluding carboxylic acids is 1. The summed E-state index contributed by atoms with van der Waals surface area (Å²) in [5, 5.41) is 13.2. The van der Waals surface area contributed by atoms with Gasteiger partial charge >= 0.3 is 0 Å². The van der Waals surface area contributed by atoms with E-state index in [2.05, 4.69) is 22.9 Å². The monoisotopic (exact) mass is 281 g/mol. The SMILES string of the molecule is CCCc1cc(C#N)cc2c(C)c3n(c12)CCCNC3=O. The molecule has 1 aliphatic heterocycles. The summed E-state index contributed by atoms with van der Waals surface area (Å²) in [5.41, 5.74) is 4.74. The standard InChI is InChI=1S/C17H19N3O/c1-3-5-13-8-12(10-18)9-14-11(2)15-17(21)19-6-4-7-20(15)16(13)14/h8-9H,3-7H2,1-2H3,(H,19,21). The Morgan fingerprint density at radius 1 is 1.43 bits per heavy atom. The van der Waals surface area contributed by atoms with Crippen molar-refractivity contribution in [2.24, 2.45) is 0 Å². The Kier molecular flexibility index (Phi) is 3.42. The number of rotatable bonds is 2. The van der Waals surface area contributed by atoms with Crippen LogP contribution in [0, 0.1) is 18.3 Å². The highest BCUT2D eigenvalue weighted by Gasteiger charge is 2.24. The molecule has 1 amide bonds. The fourth-order valence-electron chi connectivity index (χ4n) is 3.30. The second kappa shape index (κ2) is 5.25. The molecule has 2 aromatic rings. The highest BCUT2D eigenvalue weighted by Crippen LogP contribution is 2.31. The average molecular weight is 281 g/mol. The number of nitrogens with one attached hydrogen (secondary N) is 1. The summed E-state index contributed by atoms with van der Waals surface area (Å²) >= 11 is 0. The summed E-state index contributed by atoms with van der Waals surface area (Å²) in [4.78, 5) is 12.3. The molecule has 0 atom stereocenters. The molecular formula is C17H19N3O. The minimum atomic E-state index is 0.00200. The van der Waals surface area contributed by atoms with Crippen molar-refractivity contribution in [3.63, 3.8) is 0 Å². The van der Waals surface area contributed by atoms with E-state index in [1.165, 1.54) is 5.56 Å². The largest absolute Gasteiger partial charge is 0.351 e. The van der Waals surface area contributed by atoms with Crippen LogP contribution in [0.5, 0.6) is 0 Å². The maximum atomic E-state index is 12.3. The Labute approximate surface area is 124 Å². The summed E-state index contributed by atoms with van der Waals surface area (Å²) in [5.74, 6) is 0.00200. The van der Waals surface area contributed by atoms with Crippen LogP contribution in [0.3, 0.4) is 0 Å². The molecule has 0 fully saturated rings. The van der Waals surface area contributed by atoms with Gasteiger partial charge in [0, 0.05) is 18.5 Å². The second-order valence-electron chi connectivity index (χ2n) is 5.63. The van der Waals surface area contributed by atoms with Gasteiger partial charge in [0.15, 0.2) is 0 Å². The zero-order valence-corrected chi connectivity index (χ0v) is 12.5. The van der Waals surface area contributed by atoms with Gasteiger partial charge < -0.3 is 9.88 Å². The summed E-state index contributed by atoms with van der Waals surface area (Å²) in [6.45, 7) is 5.69. The fourth-order valence-corrected chi connectivity index (χ4v) is 3.30. The number of benzene rings is 1. The zero-order valence-electron chi connectivity index (χ0n) is 12.5. The normalized spacial score (nSPS) is 14.4. The lowest BCUT2D eigenvalue weighted by Gasteiger charge is -2.09. The number of nitriles is 1. The molecule has 0 saturated carbocycles. The van der Waals surface area contributed by atoms with Crippen LogP contribution in [0.15, 0.2) is 12.1 Å². The maximum Gasteiger partial charge on any atom is 0.268 e. The summed E-state index contributed by atoms with van der Waals surface area (Å²) in [7, 11) is 0. The Bertz CT molecular complexity index is 765. The van der Waals surface area contributed by atoms with Crippen LogP contribution in [-0.4, -0.2) is 17.0 Å². The molecule has 0 spiro atoms.